The summed E-state index contributed by atoms with van der Waals surface area (Å²) in [6, 6.07) is -0.323. The van der Waals surface area contributed by atoms with Crippen molar-refractivity contribution in [2.45, 2.75) is 131 Å². The molecule has 0 bridgehead atoms. The summed E-state index contributed by atoms with van der Waals surface area (Å²) < 4.78 is 13.3. The quantitative estimate of drug-likeness (QED) is 0.240. The number of hydrogen-bond acceptors (Lipinski definition) is 7. The Labute approximate surface area is 266 Å². The van der Waals surface area contributed by atoms with E-state index in [9.17, 15) is 14.4 Å². The molecule has 1 N–H and O–H groups in total. The molecule has 0 fully saturated rings. The molecule has 43 heavy (non-hydrogen) atoms. The van der Waals surface area contributed by atoms with Crippen molar-refractivity contribution in [3.8, 4) is 0 Å². The molecule has 1 aromatic heterocycles. The average Bonchev–Trinajstić information content (AvgIpc) is 3.29. The van der Waals surface area contributed by atoms with Crippen LogP contribution in [0, 0.1) is 24.2 Å². The minimum absolute atomic E-state index is 0.0609. The first-order valence-corrected chi connectivity index (χ1v) is 23.4. The van der Waals surface area contributed by atoms with Crippen molar-refractivity contribution in [1.29, 1.82) is 0 Å². The first-order valence-electron chi connectivity index (χ1n) is 15.7. The Morgan fingerprint density at radius 2 is 1.72 bits per heavy atom. The van der Waals surface area contributed by atoms with Crippen molar-refractivity contribution in [2.24, 2.45) is 17.3 Å². The Bertz CT molecular complexity index is 1180. The second-order valence-electron chi connectivity index (χ2n) is 14.8. The molecule has 1 aromatic rings. The number of Topliss-reactive ketones (excluding diaryl/α,β-unsaturated/α-hetero) is 1. The van der Waals surface area contributed by atoms with E-state index in [4.69, 9.17) is 8.85 Å². The SMILES string of the molecule is C/C(=C\c1csc(C)n1)[C@@H]1C/C=C(/C=O)CCCC(C)C(O[Si](C)(C)C)C(C)C(=O)C(C)(C)C(O[Si](C)(C)C)CC(=O)N1. The first kappa shape index (κ1) is 37.5. The van der Waals surface area contributed by atoms with Crippen LogP contribution in [-0.2, 0) is 23.2 Å². The summed E-state index contributed by atoms with van der Waals surface area (Å²) in [5, 5.41) is 6.18. The molecular formula is C33H56N2O5SSi2. The van der Waals surface area contributed by atoms with E-state index in [1.54, 1.807) is 11.3 Å². The molecule has 2 heterocycles. The topological polar surface area (TPSA) is 94.6 Å². The van der Waals surface area contributed by atoms with Crippen molar-refractivity contribution in [3.05, 3.63) is 33.3 Å². The number of aryl methyl sites for hydroxylation is 1. The highest BCUT2D eigenvalue weighted by atomic mass is 32.1. The van der Waals surface area contributed by atoms with Crippen LogP contribution >= 0.6 is 11.3 Å². The number of allylic oxidation sites excluding steroid dienone is 1. The highest BCUT2D eigenvalue weighted by Gasteiger charge is 2.46. The fourth-order valence-corrected chi connectivity index (χ4v) is 8.77. The summed E-state index contributed by atoms with van der Waals surface area (Å²) in [6.45, 7) is 24.6. The summed E-state index contributed by atoms with van der Waals surface area (Å²) in [7, 11) is -4.11. The third-order valence-electron chi connectivity index (χ3n) is 8.05. The largest absolute Gasteiger partial charge is 0.414 e. The molecule has 1 aliphatic rings. The molecule has 0 aromatic carbocycles. The fraction of sp³-hybridized carbons (Fsp3) is 0.697. The van der Waals surface area contributed by atoms with Gasteiger partial charge in [0.2, 0.25) is 5.91 Å². The third-order valence-corrected chi connectivity index (χ3v) is 10.8. The van der Waals surface area contributed by atoms with Crippen molar-refractivity contribution < 1.29 is 23.2 Å². The normalized spacial score (nSPS) is 28.6. The molecule has 5 atom stereocenters. The van der Waals surface area contributed by atoms with E-state index in [0.717, 1.165) is 41.0 Å². The van der Waals surface area contributed by atoms with E-state index in [0.29, 0.717) is 12.8 Å². The monoisotopic (exact) mass is 648 g/mol. The van der Waals surface area contributed by atoms with E-state index < -0.39 is 28.2 Å². The molecule has 0 radical (unpaired) electrons. The molecular weight excluding hydrogens is 593 g/mol. The van der Waals surface area contributed by atoms with Crippen LogP contribution in [-0.4, -0.2) is 57.8 Å². The van der Waals surface area contributed by atoms with Crippen molar-refractivity contribution in [3.63, 3.8) is 0 Å². The van der Waals surface area contributed by atoms with Crippen LogP contribution < -0.4 is 5.32 Å². The minimum Gasteiger partial charge on any atom is -0.414 e. The number of aromatic nitrogens is 1. The van der Waals surface area contributed by atoms with Crippen LogP contribution in [0.2, 0.25) is 39.3 Å². The van der Waals surface area contributed by atoms with Gasteiger partial charge in [-0.1, -0.05) is 33.8 Å². The zero-order valence-electron chi connectivity index (χ0n) is 28.6. The lowest BCUT2D eigenvalue weighted by Crippen LogP contribution is -2.52. The van der Waals surface area contributed by atoms with Gasteiger partial charge in [0, 0.05) is 16.7 Å². The molecule has 1 aliphatic heterocycles. The van der Waals surface area contributed by atoms with Crippen LogP contribution in [0.4, 0.5) is 0 Å². The zero-order valence-corrected chi connectivity index (χ0v) is 31.4. The molecule has 1 amide bonds. The standard InChI is InChI=1S/C33H56N2O5SSi2/c1-22-14-13-15-26(20-36)16-17-28(23(2)18-27-21-41-25(4)34-27)35-30(37)19-29(39-42(7,8)9)33(5,6)32(38)24(3)31(22)40-43(10,11)12/h16,18,20-22,24,28-29,31H,13-15,17,19H2,1-12H3,(H,35,37)/b23-18+,26-16+/t22?,24?,28-,29?,31?/m0/s1. The molecule has 2 rings (SSSR count). The van der Waals surface area contributed by atoms with E-state index in [2.05, 4.69) is 56.5 Å². The predicted octanol–water partition coefficient (Wildman–Crippen LogP) is 7.74. The third kappa shape index (κ3) is 11.9. The number of carbonyl (C=O) groups is 3. The molecule has 4 unspecified atom stereocenters. The maximum atomic E-state index is 14.3. The Morgan fingerprint density at radius 3 is 2.26 bits per heavy atom. The number of carbonyl (C=O) groups excluding carboxylic acids is 3. The second kappa shape index (κ2) is 15.5. The number of nitrogens with one attached hydrogen (secondary N) is 1. The van der Waals surface area contributed by atoms with Gasteiger partial charge in [0.05, 0.1) is 35.4 Å². The maximum Gasteiger partial charge on any atom is 0.223 e. The number of thiazole rings is 1. The van der Waals surface area contributed by atoms with Gasteiger partial charge in [0.25, 0.3) is 0 Å². The van der Waals surface area contributed by atoms with Gasteiger partial charge in [-0.15, -0.1) is 11.3 Å². The van der Waals surface area contributed by atoms with Crippen LogP contribution in [0.15, 0.2) is 22.6 Å². The van der Waals surface area contributed by atoms with Gasteiger partial charge in [-0.25, -0.2) is 4.98 Å². The number of rotatable bonds is 7. The van der Waals surface area contributed by atoms with Gasteiger partial charge < -0.3 is 14.2 Å². The Morgan fingerprint density at radius 1 is 1.09 bits per heavy atom. The van der Waals surface area contributed by atoms with E-state index in [1.807, 2.05) is 52.2 Å². The van der Waals surface area contributed by atoms with E-state index >= 15 is 0 Å². The summed E-state index contributed by atoms with van der Waals surface area (Å²) >= 11 is 1.58. The van der Waals surface area contributed by atoms with Crippen LogP contribution in [0.1, 0.15) is 77.4 Å². The molecule has 242 valence electrons. The average molecular weight is 649 g/mol. The lowest BCUT2D eigenvalue weighted by Gasteiger charge is -2.42. The molecule has 0 aliphatic carbocycles. The predicted molar refractivity (Wildman–Crippen MR) is 183 cm³/mol. The molecule has 7 nitrogen and oxygen atoms in total. The summed E-state index contributed by atoms with van der Waals surface area (Å²) in [4.78, 5) is 44.7. The van der Waals surface area contributed by atoms with Crippen molar-refractivity contribution in [1.82, 2.24) is 10.3 Å². The second-order valence-corrected chi connectivity index (χ2v) is 24.8. The van der Waals surface area contributed by atoms with E-state index in [-0.39, 0.29) is 42.1 Å². The highest BCUT2D eigenvalue weighted by molar-refractivity contribution is 7.09. The highest BCUT2D eigenvalue weighted by Crippen LogP contribution is 2.37. The number of aldehydes is 1. The van der Waals surface area contributed by atoms with Crippen LogP contribution in [0.3, 0.4) is 0 Å². The van der Waals surface area contributed by atoms with Gasteiger partial charge in [-0.2, -0.15) is 0 Å². The zero-order chi connectivity index (χ0) is 32.8. The van der Waals surface area contributed by atoms with Gasteiger partial charge in [0.1, 0.15) is 12.1 Å². The molecule has 10 heteroatoms. The van der Waals surface area contributed by atoms with Crippen molar-refractivity contribution >= 4 is 52.0 Å². The van der Waals surface area contributed by atoms with Crippen molar-refractivity contribution in [2.75, 3.05) is 0 Å². The Kier molecular flexibility index (Phi) is 13.5. The minimum atomic E-state index is -2.13. The Balaban J connectivity index is 2.58. The number of nitrogens with zero attached hydrogens (tertiary/aromatic N) is 1. The summed E-state index contributed by atoms with van der Waals surface area (Å²) in [6.07, 6.45) is 6.89. The van der Waals surface area contributed by atoms with Gasteiger partial charge in [-0.3, -0.25) is 14.4 Å². The first-order chi connectivity index (χ1) is 19.7. The molecule has 0 saturated heterocycles. The lowest BCUT2D eigenvalue weighted by molar-refractivity contribution is -0.141. The Hall–Kier alpha value is -1.73. The number of amides is 1. The van der Waals surface area contributed by atoms with Crippen LogP contribution in [0.5, 0.6) is 0 Å². The number of ketones is 1. The van der Waals surface area contributed by atoms with Gasteiger partial charge in [-0.05, 0) is 102 Å². The maximum absolute atomic E-state index is 14.3. The van der Waals surface area contributed by atoms with Gasteiger partial charge in [0.15, 0.2) is 16.6 Å². The number of hydrogen-bond donors (Lipinski definition) is 1. The smallest absolute Gasteiger partial charge is 0.223 e. The molecule has 0 saturated carbocycles. The fourth-order valence-electron chi connectivity index (χ4n) is 5.72. The van der Waals surface area contributed by atoms with Gasteiger partial charge >= 0.3 is 0 Å². The van der Waals surface area contributed by atoms with E-state index in [1.165, 1.54) is 0 Å². The lowest BCUT2D eigenvalue weighted by atomic mass is 9.73. The molecule has 0 spiro atoms. The summed E-state index contributed by atoms with van der Waals surface area (Å²) in [5.41, 5.74) is 1.63. The van der Waals surface area contributed by atoms with Crippen LogP contribution in [0.25, 0.3) is 6.08 Å². The summed E-state index contributed by atoms with van der Waals surface area (Å²) in [5.74, 6) is -0.367.